The second-order valence-electron chi connectivity index (χ2n) is 4.94. The van der Waals surface area contributed by atoms with E-state index >= 15 is 0 Å². The van der Waals surface area contributed by atoms with Gasteiger partial charge in [0.05, 0.1) is 5.69 Å². The molecule has 0 saturated carbocycles. The molecule has 4 nitrogen and oxygen atoms in total. The number of thiazole rings is 1. The van der Waals surface area contributed by atoms with Gasteiger partial charge in [0.25, 0.3) is 0 Å². The van der Waals surface area contributed by atoms with E-state index in [9.17, 15) is 0 Å². The zero-order valence-electron chi connectivity index (χ0n) is 11.3. The van der Waals surface area contributed by atoms with E-state index in [4.69, 9.17) is 10.5 Å². The molecule has 20 heavy (non-hydrogen) atoms. The molecule has 3 aromatic rings. The highest BCUT2D eigenvalue weighted by Gasteiger charge is 2.04. The van der Waals surface area contributed by atoms with Crippen LogP contribution in [0.4, 0.5) is 0 Å². The first-order valence-electron chi connectivity index (χ1n) is 6.59. The van der Waals surface area contributed by atoms with Gasteiger partial charge >= 0.3 is 0 Å². The molecule has 0 aliphatic carbocycles. The van der Waals surface area contributed by atoms with Crippen LogP contribution in [0.15, 0.2) is 42.0 Å². The zero-order chi connectivity index (χ0) is 13.9. The van der Waals surface area contributed by atoms with Gasteiger partial charge in [0.1, 0.15) is 12.4 Å². The Balaban J connectivity index is 1.61. The Bertz CT molecular complexity index is 656. The molecule has 2 heterocycles. The number of hydrogen-bond donors (Lipinski definition) is 1. The molecule has 0 aliphatic heterocycles. The van der Waals surface area contributed by atoms with E-state index < -0.39 is 0 Å². The van der Waals surface area contributed by atoms with Gasteiger partial charge in [-0.3, -0.25) is 4.40 Å². The summed E-state index contributed by atoms with van der Waals surface area (Å²) in [4.78, 5) is 5.48. The Morgan fingerprint density at radius 2 is 2.15 bits per heavy atom. The maximum atomic E-state index is 5.78. The molecule has 2 aromatic heterocycles. The van der Waals surface area contributed by atoms with Gasteiger partial charge < -0.3 is 10.5 Å². The summed E-state index contributed by atoms with van der Waals surface area (Å²) < 4.78 is 7.76. The van der Waals surface area contributed by atoms with Crippen LogP contribution < -0.4 is 10.5 Å². The standard InChI is InChI=1S/C15H17N3OS/c1-11(16)8-12-2-4-14(5-3-12)19-10-13-9-18-6-7-20-15(18)17-13/h2-7,9,11H,8,10,16H2,1H3. The van der Waals surface area contributed by atoms with Crippen molar-refractivity contribution >= 4 is 16.3 Å². The Labute approximate surface area is 121 Å². The van der Waals surface area contributed by atoms with Crippen LogP contribution in [0.25, 0.3) is 4.96 Å². The Hall–Kier alpha value is -1.85. The fraction of sp³-hybridized carbons (Fsp3) is 0.267. The summed E-state index contributed by atoms with van der Waals surface area (Å²) in [6.45, 7) is 2.50. The maximum absolute atomic E-state index is 5.78. The van der Waals surface area contributed by atoms with Gasteiger partial charge in [-0.1, -0.05) is 12.1 Å². The second-order valence-corrected chi connectivity index (χ2v) is 5.81. The van der Waals surface area contributed by atoms with Crippen molar-refractivity contribution in [3.05, 3.63) is 53.3 Å². The van der Waals surface area contributed by atoms with Crippen LogP contribution in [0.3, 0.4) is 0 Å². The molecule has 2 N–H and O–H groups in total. The van der Waals surface area contributed by atoms with Crippen molar-refractivity contribution in [3.63, 3.8) is 0 Å². The van der Waals surface area contributed by atoms with E-state index in [0.29, 0.717) is 6.61 Å². The van der Waals surface area contributed by atoms with Crippen LogP contribution in [-0.4, -0.2) is 15.4 Å². The molecule has 0 aliphatic rings. The number of benzene rings is 1. The predicted molar refractivity (Wildman–Crippen MR) is 81.2 cm³/mol. The van der Waals surface area contributed by atoms with E-state index in [1.54, 1.807) is 11.3 Å². The number of hydrogen-bond acceptors (Lipinski definition) is 4. The number of imidazole rings is 1. The average Bonchev–Trinajstić information content (AvgIpc) is 2.98. The number of ether oxygens (including phenoxy) is 1. The zero-order valence-corrected chi connectivity index (χ0v) is 12.1. The lowest BCUT2D eigenvalue weighted by Gasteiger charge is -2.07. The molecular formula is C15H17N3OS. The van der Waals surface area contributed by atoms with Gasteiger partial charge in [-0.25, -0.2) is 4.98 Å². The van der Waals surface area contributed by atoms with Crippen molar-refractivity contribution < 1.29 is 4.74 Å². The van der Waals surface area contributed by atoms with Gasteiger partial charge in [0, 0.05) is 23.8 Å². The third-order valence-electron chi connectivity index (χ3n) is 3.01. The fourth-order valence-electron chi connectivity index (χ4n) is 2.10. The summed E-state index contributed by atoms with van der Waals surface area (Å²) in [5, 5.41) is 2.02. The van der Waals surface area contributed by atoms with Gasteiger partial charge in [-0.05, 0) is 31.0 Å². The van der Waals surface area contributed by atoms with Crippen LogP contribution in [0, 0.1) is 0 Å². The Morgan fingerprint density at radius 3 is 2.85 bits per heavy atom. The van der Waals surface area contributed by atoms with Crippen molar-refractivity contribution in [2.75, 3.05) is 0 Å². The summed E-state index contributed by atoms with van der Waals surface area (Å²) >= 11 is 1.62. The molecule has 1 atom stereocenters. The molecule has 0 saturated heterocycles. The molecule has 1 aromatic carbocycles. The Morgan fingerprint density at radius 1 is 1.35 bits per heavy atom. The highest BCUT2D eigenvalue weighted by molar-refractivity contribution is 7.15. The maximum Gasteiger partial charge on any atom is 0.193 e. The van der Waals surface area contributed by atoms with E-state index in [1.807, 2.05) is 41.2 Å². The minimum absolute atomic E-state index is 0.181. The van der Waals surface area contributed by atoms with Crippen molar-refractivity contribution in [2.45, 2.75) is 26.0 Å². The van der Waals surface area contributed by atoms with E-state index in [1.165, 1.54) is 5.56 Å². The SMILES string of the molecule is CC(N)Cc1ccc(OCc2cn3ccsc3n2)cc1. The normalized spacial score (nSPS) is 12.7. The first kappa shape index (κ1) is 13.1. The van der Waals surface area contributed by atoms with Gasteiger partial charge in [-0.15, -0.1) is 11.3 Å². The first-order valence-corrected chi connectivity index (χ1v) is 7.47. The van der Waals surface area contributed by atoms with Gasteiger partial charge in [0.2, 0.25) is 0 Å². The van der Waals surface area contributed by atoms with Crippen molar-refractivity contribution in [1.29, 1.82) is 0 Å². The van der Waals surface area contributed by atoms with Crippen LogP contribution >= 0.6 is 11.3 Å². The lowest BCUT2D eigenvalue weighted by Crippen LogP contribution is -2.17. The smallest absolute Gasteiger partial charge is 0.193 e. The molecule has 0 spiro atoms. The van der Waals surface area contributed by atoms with Crippen molar-refractivity contribution in [1.82, 2.24) is 9.38 Å². The van der Waals surface area contributed by atoms with E-state index in [2.05, 4.69) is 17.1 Å². The molecule has 0 bridgehead atoms. The highest BCUT2D eigenvalue weighted by Crippen LogP contribution is 2.16. The molecule has 0 radical (unpaired) electrons. The third kappa shape index (κ3) is 3.00. The Kier molecular flexibility index (Phi) is 3.71. The lowest BCUT2D eigenvalue weighted by atomic mass is 10.1. The molecule has 0 fully saturated rings. The number of nitrogens with two attached hydrogens (primary N) is 1. The minimum Gasteiger partial charge on any atom is -0.487 e. The van der Waals surface area contributed by atoms with Gasteiger partial charge in [0.15, 0.2) is 4.96 Å². The van der Waals surface area contributed by atoms with Crippen LogP contribution in [0.5, 0.6) is 5.75 Å². The summed E-state index contributed by atoms with van der Waals surface area (Å²) in [6.07, 6.45) is 4.88. The topological polar surface area (TPSA) is 52.5 Å². The molecule has 3 rings (SSSR count). The summed E-state index contributed by atoms with van der Waals surface area (Å²) in [6, 6.07) is 8.27. The minimum atomic E-state index is 0.181. The summed E-state index contributed by atoms with van der Waals surface area (Å²) in [5.74, 6) is 0.856. The molecule has 5 heteroatoms. The largest absolute Gasteiger partial charge is 0.487 e. The number of fused-ring (bicyclic) bond motifs is 1. The van der Waals surface area contributed by atoms with Crippen LogP contribution in [0.2, 0.25) is 0 Å². The van der Waals surface area contributed by atoms with Crippen LogP contribution in [-0.2, 0) is 13.0 Å². The average molecular weight is 287 g/mol. The highest BCUT2D eigenvalue weighted by atomic mass is 32.1. The monoisotopic (exact) mass is 287 g/mol. The summed E-state index contributed by atoms with van der Waals surface area (Å²) in [7, 11) is 0. The van der Waals surface area contributed by atoms with Crippen LogP contribution in [0.1, 0.15) is 18.2 Å². The second kappa shape index (κ2) is 5.64. The number of rotatable bonds is 5. The molecule has 1 unspecified atom stereocenters. The first-order chi connectivity index (χ1) is 9.70. The van der Waals surface area contributed by atoms with E-state index in [-0.39, 0.29) is 6.04 Å². The summed E-state index contributed by atoms with van der Waals surface area (Å²) in [5.41, 5.74) is 7.96. The quantitative estimate of drug-likeness (QED) is 0.785. The molecule has 0 amide bonds. The van der Waals surface area contributed by atoms with Crippen molar-refractivity contribution in [2.24, 2.45) is 5.73 Å². The predicted octanol–water partition coefficient (Wildman–Crippen LogP) is 2.86. The molecular weight excluding hydrogens is 270 g/mol. The number of aromatic nitrogens is 2. The fourth-order valence-corrected chi connectivity index (χ4v) is 2.82. The third-order valence-corrected chi connectivity index (χ3v) is 3.78. The van der Waals surface area contributed by atoms with Crippen molar-refractivity contribution in [3.8, 4) is 5.75 Å². The molecule has 104 valence electrons. The van der Waals surface area contributed by atoms with Gasteiger partial charge in [-0.2, -0.15) is 0 Å². The number of nitrogens with zero attached hydrogens (tertiary/aromatic N) is 2. The van der Waals surface area contributed by atoms with E-state index in [0.717, 1.165) is 22.8 Å². The lowest BCUT2D eigenvalue weighted by molar-refractivity contribution is 0.302.